The van der Waals surface area contributed by atoms with Crippen molar-refractivity contribution in [1.82, 2.24) is 5.32 Å². The normalized spacial score (nSPS) is 12.1. The molecule has 0 aliphatic carbocycles. The highest BCUT2D eigenvalue weighted by Crippen LogP contribution is 2.28. The zero-order valence-electron chi connectivity index (χ0n) is 16.7. The van der Waals surface area contributed by atoms with E-state index in [1.54, 1.807) is 19.1 Å². The molecule has 2 aromatic carbocycles. The smallest absolute Gasteiger partial charge is 0.260 e. The lowest BCUT2D eigenvalue weighted by molar-refractivity contribution is -0.127. The lowest BCUT2D eigenvalue weighted by atomic mass is 10.0. The van der Waals surface area contributed by atoms with Crippen LogP contribution in [0.4, 0.5) is 4.39 Å². The van der Waals surface area contributed by atoms with Crippen molar-refractivity contribution >= 4 is 29.3 Å². The molecule has 0 spiro atoms. The second kappa shape index (κ2) is 10.7. The Hall–Kier alpha value is -1.72. The summed E-state index contributed by atoms with van der Waals surface area (Å²) in [5.74, 6) is 1.72. The molecule has 28 heavy (non-hydrogen) atoms. The molecule has 0 bridgehead atoms. The van der Waals surface area contributed by atoms with Crippen LogP contribution in [-0.4, -0.2) is 24.3 Å². The van der Waals surface area contributed by atoms with Crippen molar-refractivity contribution in [2.45, 2.75) is 45.5 Å². The monoisotopic (exact) mass is 423 g/mol. The number of carbonyl (C=O) groups excluding carboxylic acids is 1. The summed E-state index contributed by atoms with van der Waals surface area (Å²) >= 11 is 7.54. The van der Waals surface area contributed by atoms with Gasteiger partial charge in [0, 0.05) is 28.6 Å². The summed E-state index contributed by atoms with van der Waals surface area (Å²) in [7, 11) is 0. The number of thioether (sulfide) groups is 1. The Morgan fingerprint density at radius 1 is 1.25 bits per heavy atom. The van der Waals surface area contributed by atoms with Gasteiger partial charge in [-0.3, -0.25) is 4.79 Å². The minimum absolute atomic E-state index is 0.166. The van der Waals surface area contributed by atoms with E-state index in [2.05, 4.69) is 19.2 Å². The molecule has 0 aliphatic heterocycles. The number of nitrogens with one attached hydrogen (secondary N) is 1. The Bertz CT molecular complexity index is 793. The van der Waals surface area contributed by atoms with Crippen LogP contribution in [0.5, 0.6) is 5.75 Å². The molecule has 2 aromatic rings. The topological polar surface area (TPSA) is 38.3 Å². The molecule has 0 radical (unpaired) electrons. The molecule has 0 heterocycles. The minimum Gasteiger partial charge on any atom is -0.481 e. The summed E-state index contributed by atoms with van der Waals surface area (Å²) in [4.78, 5) is 12.3. The van der Waals surface area contributed by atoms with Crippen LogP contribution >= 0.6 is 23.4 Å². The first-order valence-corrected chi connectivity index (χ1v) is 10.9. The van der Waals surface area contributed by atoms with Gasteiger partial charge < -0.3 is 10.1 Å². The number of carbonyl (C=O) groups is 1. The largest absolute Gasteiger partial charge is 0.481 e. The van der Waals surface area contributed by atoms with Gasteiger partial charge in [-0.25, -0.2) is 4.39 Å². The standard InChI is InChI=1S/C22H27ClFNO2S/c1-14(2)17-9-8-15(3)12-21(17)27-16(4)22(26)25-10-11-28-13-18-19(23)6-5-7-20(18)24/h5-9,12,14,16H,10-11,13H2,1-4H3,(H,25,26)/t16-/m0/s1. The number of rotatable bonds is 9. The van der Waals surface area contributed by atoms with Crippen LogP contribution in [0.1, 0.15) is 43.4 Å². The third-order valence-electron chi connectivity index (χ3n) is 4.32. The molecule has 3 nitrogen and oxygen atoms in total. The van der Waals surface area contributed by atoms with Gasteiger partial charge in [0.05, 0.1) is 0 Å². The lowest BCUT2D eigenvalue weighted by Crippen LogP contribution is -2.37. The Balaban J connectivity index is 1.80. The van der Waals surface area contributed by atoms with Gasteiger partial charge in [-0.05, 0) is 49.1 Å². The fraction of sp³-hybridized carbons (Fsp3) is 0.409. The van der Waals surface area contributed by atoms with Gasteiger partial charge in [0.25, 0.3) is 5.91 Å². The molecule has 1 amide bonds. The average Bonchev–Trinajstić information content (AvgIpc) is 2.63. The third kappa shape index (κ3) is 6.42. The van der Waals surface area contributed by atoms with Gasteiger partial charge in [-0.2, -0.15) is 11.8 Å². The van der Waals surface area contributed by atoms with Crippen molar-refractivity contribution in [3.05, 3.63) is 63.9 Å². The molecule has 152 valence electrons. The van der Waals surface area contributed by atoms with Gasteiger partial charge in [-0.1, -0.05) is 43.6 Å². The van der Waals surface area contributed by atoms with E-state index >= 15 is 0 Å². The molecule has 0 fully saturated rings. The van der Waals surface area contributed by atoms with E-state index in [0.29, 0.717) is 34.6 Å². The van der Waals surface area contributed by atoms with Crippen LogP contribution in [0.25, 0.3) is 0 Å². The first-order chi connectivity index (χ1) is 13.3. The highest BCUT2D eigenvalue weighted by Gasteiger charge is 2.17. The van der Waals surface area contributed by atoms with E-state index in [4.69, 9.17) is 16.3 Å². The van der Waals surface area contributed by atoms with E-state index in [1.807, 2.05) is 25.1 Å². The highest BCUT2D eigenvalue weighted by molar-refractivity contribution is 7.98. The van der Waals surface area contributed by atoms with Crippen LogP contribution in [0, 0.1) is 12.7 Å². The Labute approximate surface area is 176 Å². The maximum absolute atomic E-state index is 13.7. The van der Waals surface area contributed by atoms with Crippen LogP contribution in [0.15, 0.2) is 36.4 Å². The lowest BCUT2D eigenvalue weighted by Gasteiger charge is -2.19. The number of aryl methyl sites for hydroxylation is 1. The van der Waals surface area contributed by atoms with E-state index in [1.165, 1.54) is 17.8 Å². The Morgan fingerprint density at radius 3 is 2.68 bits per heavy atom. The van der Waals surface area contributed by atoms with Crippen molar-refractivity contribution in [2.24, 2.45) is 0 Å². The van der Waals surface area contributed by atoms with Crippen LogP contribution in [-0.2, 0) is 10.5 Å². The highest BCUT2D eigenvalue weighted by atomic mass is 35.5. The quantitative estimate of drug-likeness (QED) is 0.523. The predicted octanol–water partition coefficient (Wildman–Crippen LogP) is 5.73. The number of benzene rings is 2. The molecule has 0 saturated carbocycles. The summed E-state index contributed by atoms with van der Waals surface area (Å²) in [6.07, 6.45) is -0.592. The van der Waals surface area contributed by atoms with Crippen molar-refractivity contribution in [3.8, 4) is 5.75 Å². The molecular formula is C22H27ClFNO2S. The number of hydrogen-bond donors (Lipinski definition) is 1. The van der Waals surface area contributed by atoms with Crippen LogP contribution in [0.3, 0.4) is 0 Å². The second-order valence-corrected chi connectivity index (χ2v) is 8.51. The third-order valence-corrected chi connectivity index (χ3v) is 5.66. The predicted molar refractivity (Wildman–Crippen MR) is 116 cm³/mol. The molecule has 0 saturated heterocycles. The summed E-state index contributed by atoms with van der Waals surface area (Å²) < 4.78 is 19.7. The van der Waals surface area contributed by atoms with Gasteiger partial charge >= 0.3 is 0 Å². The molecule has 1 atom stereocenters. The Kier molecular flexibility index (Phi) is 8.64. The SMILES string of the molecule is Cc1ccc(C(C)C)c(O[C@@H](C)C(=O)NCCSCc2c(F)cccc2Cl)c1. The van der Waals surface area contributed by atoms with Crippen molar-refractivity contribution < 1.29 is 13.9 Å². The molecule has 6 heteroatoms. The fourth-order valence-electron chi connectivity index (χ4n) is 2.70. The van der Waals surface area contributed by atoms with E-state index in [0.717, 1.165) is 16.9 Å². The molecule has 1 N–H and O–H groups in total. The minimum atomic E-state index is -0.592. The molecule has 0 aromatic heterocycles. The molecule has 0 aliphatic rings. The van der Waals surface area contributed by atoms with Gasteiger partial charge in [0.15, 0.2) is 6.10 Å². The van der Waals surface area contributed by atoms with Crippen LogP contribution in [0.2, 0.25) is 5.02 Å². The van der Waals surface area contributed by atoms with E-state index in [9.17, 15) is 9.18 Å². The van der Waals surface area contributed by atoms with Crippen molar-refractivity contribution in [3.63, 3.8) is 0 Å². The Morgan fingerprint density at radius 2 is 2.00 bits per heavy atom. The number of amides is 1. The number of ether oxygens (including phenoxy) is 1. The van der Waals surface area contributed by atoms with Gasteiger partial charge in [-0.15, -0.1) is 0 Å². The molecular weight excluding hydrogens is 397 g/mol. The van der Waals surface area contributed by atoms with E-state index in [-0.39, 0.29) is 11.7 Å². The first kappa shape index (κ1) is 22.6. The summed E-state index contributed by atoms with van der Waals surface area (Å²) in [6, 6.07) is 10.7. The maximum atomic E-state index is 13.7. The summed E-state index contributed by atoms with van der Waals surface area (Å²) in [6.45, 7) is 8.42. The zero-order chi connectivity index (χ0) is 20.7. The summed E-state index contributed by atoms with van der Waals surface area (Å²) in [5.41, 5.74) is 2.68. The van der Waals surface area contributed by atoms with E-state index < -0.39 is 6.10 Å². The van der Waals surface area contributed by atoms with Gasteiger partial charge in [0.1, 0.15) is 11.6 Å². The first-order valence-electron chi connectivity index (χ1n) is 9.35. The molecule has 0 unspecified atom stereocenters. The van der Waals surface area contributed by atoms with Crippen molar-refractivity contribution in [2.75, 3.05) is 12.3 Å². The number of hydrogen-bond acceptors (Lipinski definition) is 3. The zero-order valence-corrected chi connectivity index (χ0v) is 18.3. The van der Waals surface area contributed by atoms with Crippen molar-refractivity contribution in [1.29, 1.82) is 0 Å². The average molecular weight is 424 g/mol. The fourth-order valence-corrected chi connectivity index (χ4v) is 3.90. The summed E-state index contributed by atoms with van der Waals surface area (Å²) in [5, 5.41) is 3.30. The van der Waals surface area contributed by atoms with Crippen LogP contribution < -0.4 is 10.1 Å². The maximum Gasteiger partial charge on any atom is 0.260 e. The molecule has 2 rings (SSSR count). The van der Waals surface area contributed by atoms with Gasteiger partial charge in [0.2, 0.25) is 0 Å². The number of halogens is 2. The second-order valence-electron chi connectivity index (χ2n) is 7.00.